The number of halogens is 4. The Bertz CT molecular complexity index is 1180. The Kier molecular flexibility index (Phi) is 4.75. The van der Waals surface area contributed by atoms with Crippen LogP contribution in [0.1, 0.15) is 18.9 Å². The molecule has 0 bridgehead atoms. The van der Waals surface area contributed by atoms with E-state index in [1.165, 1.54) is 25.4 Å². The van der Waals surface area contributed by atoms with Crippen LogP contribution in [0.5, 0.6) is 5.75 Å². The van der Waals surface area contributed by atoms with E-state index in [1.807, 2.05) is 0 Å². The molecule has 1 atom stereocenters. The third-order valence-electron chi connectivity index (χ3n) is 4.98. The summed E-state index contributed by atoms with van der Waals surface area (Å²) in [5.74, 6) is -0.835. The van der Waals surface area contributed by atoms with Crippen LogP contribution in [-0.4, -0.2) is 44.8 Å². The summed E-state index contributed by atoms with van der Waals surface area (Å²) in [7, 11) is 0. The van der Waals surface area contributed by atoms with Crippen LogP contribution in [0, 0.1) is 5.82 Å². The number of nitrogens with zero attached hydrogens (tertiary/aromatic N) is 3. The number of carbonyl (C=O) groups is 1. The number of hydrogen-bond donors (Lipinski definition) is 1. The van der Waals surface area contributed by atoms with E-state index >= 15 is 0 Å². The predicted molar refractivity (Wildman–Crippen MR) is 97.9 cm³/mol. The number of rotatable bonds is 3. The first-order valence-electron chi connectivity index (χ1n) is 9.02. The Morgan fingerprint density at radius 2 is 1.97 bits per heavy atom. The maximum Gasteiger partial charge on any atom is 0.423 e. The van der Waals surface area contributed by atoms with Gasteiger partial charge in [-0.1, -0.05) is 0 Å². The topological polar surface area (TPSA) is 80.2 Å². The summed E-state index contributed by atoms with van der Waals surface area (Å²) in [6.45, 7) is 2.29. The second kappa shape index (κ2) is 7.15. The zero-order valence-corrected chi connectivity index (χ0v) is 15.7. The number of aromatic amines is 1. The van der Waals surface area contributed by atoms with Crippen molar-refractivity contribution in [1.82, 2.24) is 19.7 Å². The average Bonchev–Trinajstić information content (AvgIpc) is 3.27. The van der Waals surface area contributed by atoms with Gasteiger partial charge < -0.3 is 14.2 Å². The maximum absolute atomic E-state index is 14.5. The molecule has 3 heterocycles. The number of amides is 1. The molecular formula is C19H16F4N4O3. The van der Waals surface area contributed by atoms with E-state index in [9.17, 15) is 27.2 Å². The Balaban J connectivity index is 1.69. The molecule has 1 amide bonds. The number of benzene rings is 1. The number of nitrogens with one attached hydrogen (secondary N) is 1. The number of carbonyl (C=O) groups excluding carboxylic acids is 1. The lowest BCUT2D eigenvalue weighted by Gasteiger charge is -2.16. The van der Waals surface area contributed by atoms with E-state index in [-0.39, 0.29) is 17.8 Å². The fourth-order valence-electron chi connectivity index (χ4n) is 3.52. The number of alkyl halides is 3. The van der Waals surface area contributed by atoms with Gasteiger partial charge in [0.2, 0.25) is 5.91 Å². The van der Waals surface area contributed by atoms with Crippen molar-refractivity contribution in [2.75, 3.05) is 13.1 Å². The largest absolute Gasteiger partial charge is 0.485 e. The molecule has 3 aromatic rings. The van der Waals surface area contributed by atoms with Crippen molar-refractivity contribution < 1.29 is 27.1 Å². The maximum atomic E-state index is 14.5. The minimum absolute atomic E-state index is 0.0595. The predicted octanol–water partition coefficient (Wildman–Crippen LogP) is 2.87. The highest BCUT2D eigenvalue weighted by Gasteiger charge is 2.38. The summed E-state index contributed by atoms with van der Waals surface area (Å²) >= 11 is 0. The highest BCUT2D eigenvalue weighted by atomic mass is 19.4. The summed E-state index contributed by atoms with van der Waals surface area (Å²) in [6, 6.07) is 2.53. The van der Waals surface area contributed by atoms with E-state index in [0.717, 1.165) is 16.8 Å². The van der Waals surface area contributed by atoms with Gasteiger partial charge in [-0.25, -0.2) is 9.49 Å². The quantitative estimate of drug-likeness (QED) is 0.656. The number of ether oxygens (including phenoxy) is 1. The Morgan fingerprint density at radius 1 is 1.27 bits per heavy atom. The van der Waals surface area contributed by atoms with Gasteiger partial charge in [0.15, 0.2) is 11.6 Å². The molecule has 1 fully saturated rings. The number of hydrogen-bond acceptors (Lipinski definition) is 4. The summed E-state index contributed by atoms with van der Waals surface area (Å²) in [5, 5.41) is 5.96. The van der Waals surface area contributed by atoms with Crippen LogP contribution in [0.25, 0.3) is 16.5 Å². The molecule has 158 valence electrons. The third kappa shape index (κ3) is 3.62. The number of likely N-dealkylation sites (tertiary alicyclic amines) is 1. The van der Waals surface area contributed by atoms with Crippen molar-refractivity contribution in [1.29, 1.82) is 0 Å². The average molecular weight is 424 g/mol. The van der Waals surface area contributed by atoms with Crippen LogP contribution >= 0.6 is 0 Å². The molecule has 1 aliphatic rings. The molecule has 7 nitrogen and oxygen atoms in total. The van der Waals surface area contributed by atoms with Gasteiger partial charge in [-0.3, -0.25) is 9.59 Å². The summed E-state index contributed by atoms with van der Waals surface area (Å²) in [5.41, 5.74) is -3.24. The van der Waals surface area contributed by atoms with Crippen LogP contribution in [0.4, 0.5) is 17.6 Å². The molecule has 2 aromatic heterocycles. The fraction of sp³-hybridized carbons (Fsp3) is 0.316. The normalized spacial score (nSPS) is 17.0. The lowest BCUT2D eigenvalue weighted by atomic mass is 10.2. The van der Waals surface area contributed by atoms with E-state index in [1.54, 1.807) is 10.00 Å². The van der Waals surface area contributed by atoms with Crippen LogP contribution in [0.2, 0.25) is 0 Å². The minimum Gasteiger partial charge on any atom is -0.485 e. The lowest BCUT2D eigenvalue weighted by Crippen LogP contribution is -2.28. The van der Waals surface area contributed by atoms with Crippen LogP contribution in [-0.2, 0) is 11.0 Å². The van der Waals surface area contributed by atoms with Gasteiger partial charge in [0.05, 0.1) is 18.4 Å². The monoisotopic (exact) mass is 424 g/mol. The van der Waals surface area contributed by atoms with Crippen molar-refractivity contribution >= 4 is 16.7 Å². The lowest BCUT2D eigenvalue weighted by molar-refractivity contribution is -0.138. The second-order valence-electron chi connectivity index (χ2n) is 7.03. The molecule has 1 N–H and O–H groups in total. The van der Waals surface area contributed by atoms with Crippen LogP contribution < -0.4 is 10.3 Å². The molecule has 0 spiro atoms. The molecule has 0 saturated carbocycles. The van der Waals surface area contributed by atoms with Crippen molar-refractivity contribution in [2.24, 2.45) is 0 Å². The standard InChI is InChI=1S/C19H16F4N4O3/c1-10(28)26-3-2-13(9-26)30-16-5-12-8-27(7-11(12)4-14(16)20)15-6-24-25-18(29)17(15)19(21,22)23/h4-8,13H,2-3,9H2,1H3,(H,25,29). The summed E-state index contributed by atoms with van der Waals surface area (Å²) < 4.78 is 61.2. The molecule has 0 radical (unpaired) electrons. The van der Waals surface area contributed by atoms with E-state index in [4.69, 9.17) is 4.74 Å². The molecule has 1 saturated heterocycles. The zero-order chi connectivity index (χ0) is 21.6. The summed E-state index contributed by atoms with van der Waals surface area (Å²) in [6.07, 6.45) is -1.23. The fourth-order valence-corrected chi connectivity index (χ4v) is 3.52. The smallest absolute Gasteiger partial charge is 0.423 e. The van der Waals surface area contributed by atoms with E-state index < -0.39 is 28.8 Å². The van der Waals surface area contributed by atoms with Gasteiger partial charge in [0.25, 0.3) is 5.56 Å². The van der Waals surface area contributed by atoms with Gasteiger partial charge in [0, 0.05) is 43.1 Å². The van der Waals surface area contributed by atoms with Gasteiger partial charge >= 0.3 is 6.18 Å². The molecule has 1 unspecified atom stereocenters. The molecular weight excluding hydrogens is 408 g/mol. The van der Waals surface area contributed by atoms with Gasteiger partial charge in [0.1, 0.15) is 11.7 Å². The Labute approximate surface area is 166 Å². The van der Waals surface area contributed by atoms with Gasteiger partial charge in [-0.2, -0.15) is 18.3 Å². The highest BCUT2D eigenvalue weighted by molar-refractivity contribution is 5.84. The highest BCUT2D eigenvalue weighted by Crippen LogP contribution is 2.33. The second-order valence-corrected chi connectivity index (χ2v) is 7.03. The van der Waals surface area contributed by atoms with Crippen LogP contribution in [0.15, 0.2) is 35.5 Å². The zero-order valence-electron chi connectivity index (χ0n) is 15.7. The van der Waals surface area contributed by atoms with Crippen LogP contribution in [0.3, 0.4) is 0 Å². The van der Waals surface area contributed by atoms with Crippen molar-refractivity contribution in [2.45, 2.75) is 25.6 Å². The first kappa shape index (κ1) is 19.9. The van der Waals surface area contributed by atoms with Gasteiger partial charge in [-0.15, -0.1) is 0 Å². The Morgan fingerprint density at radius 3 is 2.60 bits per heavy atom. The number of H-pyrrole nitrogens is 1. The molecule has 1 aromatic carbocycles. The molecule has 0 aliphatic carbocycles. The van der Waals surface area contributed by atoms with Crippen molar-refractivity contribution in [3.05, 3.63) is 52.5 Å². The van der Waals surface area contributed by atoms with Gasteiger partial charge in [-0.05, 0) is 12.1 Å². The first-order valence-corrected chi connectivity index (χ1v) is 9.02. The van der Waals surface area contributed by atoms with Crippen molar-refractivity contribution in [3.8, 4) is 11.4 Å². The number of aromatic nitrogens is 3. The van der Waals surface area contributed by atoms with E-state index in [0.29, 0.717) is 30.3 Å². The molecule has 4 rings (SSSR count). The first-order chi connectivity index (χ1) is 14.1. The SMILES string of the molecule is CC(=O)N1CCC(Oc2cc3cn(-c4cn[nH]c(=O)c4C(F)(F)F)cc3cc2F)C1. The third-order valence-corrected chi connectivity index (χ3v) is 4.98. The molecule has 11 heteroatoms. The molecule has 1 aliphatic heterocycles. The van der Waals surface area contributed by atoms with E-state index in [2.05, 4.69) is 5.10 Å². The Hall–Kier alpha value is -3.37. The molecule has 30 heavy (non-hydrogen) atoms. The van der Waals surface area contributed by atoms with Crippen molar-refractivity contribution in [3.63, 3.8) is 0 Å². The summed E-state index contributed by atoms with van der Waals surface area (Å²) in [4.78, 5) is 24.7. The minimum atomic E-state index is -4.90. The number of fused-ring (bicyclic) bond motifs is 1.